The molecule has 0 saturated heterocycles. The van der Waals surface area contributed by atoms with Crippen molar-refractivity contribution in [3.63, 3.8) is 0 Å². The van der Waals surface area contributed by atoms with Crippen LogP contribution < -0.4 is 15.0 Å². The number of nitrogens with one attached hydrogen (secondary N) is 2. The molecule has 6 heteroatoms. The number of aromatic nitrogens is 3. The Morgan fingerprint density at radius 3 is 2.56 bits per heavy atom. The zero-order chi connectivity index (χ0) is 11.5. The maximum absolute atomic E-state index is 11.0. The van der Waals surface area contributed by atoms with Crippen LogP contribution >= 0.6 is 0 Å². The molecule has 0 aromatic carbocycles. The molecule has 0 atom stereocenters. The lowest BCUT2D eigenvalue weighted by Crippen LogP contribution is -1.95. The lowest BCUT2D eigenvalue weighted by molar-refractivity contribution is 0.366. The molecule has 0 aliphatic rings. The van der Waals surface area contributed by atoms with Crippen LogP contribution in [0.1, 0.15) is 0 Å². The highest BCUT2D eigenvalue weighted by atomic mass is 16.5. The van der Waals surface area contributed by atoms with Gasteiger partial charge >= 0.3 is 0 Å². The number of H-pyrrole nitrogens is 2. The van der Waals surface area contributed by atoms with E-state index in [2.05, 4.69) is 15.2 Å². The van der Waals surface area contributed by atoms with E-state index in [0.29, 0.717) is 23.0 Å². The molecule has 0 aliphatic carbocycles. The van der Waals surface area contributed by atoms with Crippen molar-refractivity contribution in [3.8, 4) is 23.0 Å². The van der Waals surface area contributed by atoms with Crippen molar-refractivity contribution >= 4 is 0 Å². The molecule has 0 saturated carbocycles. The van der Waals surface area contributed by atoms with Crippen molar-refractivity contribution in [2.75, 3.05) is 14.2 Å². The average Bonchev–Trinajstić information content (AvgIpc) is 2.74. The smallest absolute Gasteiger partial charge is 0.264 e. The van der Waals surface area contributed by atoms with Gasteiger partial charge in [-0.15, -0.1) is 0 Å². The first-order valence-electron chi connectivity index (χ1n) is 4.61. The molecule has 2 rings (SSSR count). The zero-order valence-corrected chi connectivity index (χ0v) is 8.90. The second-order valence-corrected chi connectivity index (χ2v) is 3.08. The molecule has 0 aliphatic heterocycles. The topological polar surface area (TPSA) is 80.0 Å². The second kappa shape index (κ2) is 4.09. The molecule has 84 valence electrons. The molecule has 2 N–H and O–H groups in total. The van der Waals surface area contributed by atoms with Gasteiger partial charge in [0, 0.05) is 12.1 Å². The standard InChI is InChI=1S/C10H11N3O3/c1-15-9-4-3-6(10(11-9)16-2)7-5-8(14)13-12-7/h3-5H,1-2H3,(H2,12,13,14). The summed E-state index contributed by atoms with van der Waals surface area (Å²) in [5.41, 5.74) is 1.12. The van der Waals surface area contributed by atoms with Gasteiger partial charge in [-0.2, -0.15) is 4.98 Å². The molecule has 2 aromatic heterocycles. The van der Waals surface area contributed by atoms with Crippen molar-refractivity contribution in [1.82, 2.24) is 15.2 Å². The first kappa shape index (κ1) is 10.3. The number of nitrogens with zero attached hydrogens (tertiary/aromatic N) is 1. The van der Waals surface area contributed by atoms with Crippen molar-refractivity contribution in [2.45, 2.75) is 0 Å². The minimum atomic E-state index is -0.201. The fourth-order valence-corrected chi connectivity index (χ4v) is 1.38. The molecular formula is C10H11N3O3. The van der Waals surface area contributed by atoms with E-state index in [1.807, 2.05) is 0 Å². The minimum absolute atomic E-state index is 0.201. The Labute approximate surface area is 91.2 Å². The third-order valence-corrected chi connectivity index (χ3v) is 2.12. The van der Waals surface area contributed by atoms with Gasteiger partial charge in [-0.05, 0) is 6.07 Å². The van der Waals surface area contributed by atoms with E-state index in [-0.39, 0.29) is 5.56 Å². The van der Waals surface area contributed by atoms with Gasteiger partial charge in [-0.1, -0.05) is 0 Å². The maximum atomic E-state index is 11.0. The highest BCUT2D eigenvalue weighted by Crippen LogP contribution is 2.27. The number of methoxy groups -OCH3 is 2. The summed E-state index contributed by atoms with van der Waals surface area (Å²) in [5, 5.41) is 5.19. The Morgan fingerprint density at radius 2 is 2.00 bits per heavy atom. The van der Waals surface area contributed by atoms with Crippen LogP contribution in [-0.2, 0) is 0 Å². The van der Waals surface area contributed by atoms with Crippen LogP contribution in [0.2, 0.25) is 0 Å². The summed E-state index contributed by atoms with van der Waals surface area (Å²) in [6, 6.07) is 4.90. The fraction of sp³-hybridized carbons (Fsp3) is 0.200. The normalized spacial score (nSPS) is 10.1. The van der Waals surface area contributed by atoms with Gasteiger partial charge < -0.3 is 9.47 Å². The molecule has 0 amide bonds. The molecular weight excluding hydrogens is 210 g/mol. The third kappa shape index (κ3) is 1.77. The maximum Gasteiger partial charge on any atom is 0.264 e. The highest BCUT2D eigenvalue weighted by molar-refractivity contribution is 5.64. The molecule has 0 spiro atoms. The predicted molar refractivity (Wildman–Crippen MR) is 57.7 cm³/mol. The molecule has 0 bridgehead atoms. The van der Waals surface area contributed by atoms with Crippen LogP contribution in [0.5, 0.6) is 11.8 Å². The van der Waals surface area contributed by atoms with Crippen LogP contribution in [-0.4, -0.2) is 29.4 Å². The summed E-state index contributed by atoms with van der Waals surface area (Å²) < 4.78 is 10.1. The Bertz CT molecular complexity index is 544. The number of hydrogen-bond acceptors (Lipinski definition) is 4. The van der Waals surface area contributed by atoms with Crippen molar-refractivity contribution in [2.24, 2.45) is 0 Å². The molecule has 2 heterocycles. The summed E-state index contributed by atoms with van der Waals surface area (Å²) in [5.74, 6) is 0.855. The highest BCUT2D eigenvalue weighted by Gasteiger charge is 2.10. The predicted octanol–water partition coefficient (Wildman–Crippen LogP) is 0.782. The van der Waals surface area contributed by atoms with Crippen LogP contribution in [0.15, 0.2) is 23.0 Å². The van der Waals surface area contributed by atoms with Gasteiger partial charge in [0.05, 0.1) is 25.5 Å². The Morgan fingerprint density at radius 1 is 1.19 bits per heavy atom. The molecule has 0 fully saturated rings. The van der Waals surface area contributed by atoms with Crippen LogP contribution in [0.3, 0.4) is 0 Å². The summed E-state index contributed by atoms with van der Waals surface area (Å²) >= 11 is 0. The monoisotopic (exact) mass is 221 g/mol. The number of pyridine rings is 1. The van der Waals surface area contributed by atoms with Crippen molar-refractivity contribution in [1.29, 1.82) is 0 Å². The van der Waals surface area contributed by atoms with Gasteiger partial charge in [-0.3, -0.25) is 15.0 Å². The van der Waals surface area contributed by atoms with Gasteiger partial charge in [0.2, 0.25) is 11.8 Å². The number of aromatic amines is 2. The van der Waals surface area contributed by atoms with Gasteiger partial charge in [0.1, 0.15) is 0 Å². The van der Waals surface area contributed by atoms with Crippen LogP contribution in [0.25, 0.3) is 11.3 Å². The molecule has 0 unspecified atom stereocenters. The number of rotatable bonds is 3. The van der Waals surface area contributed by atoms with E-state index in [9.17, 15) is 4.79 Å². The average molecular weight is 221 g/mol. The molecule has 0 radical (unpaired) electrons. The largest absolute Gasteiger partial charge is 0.481 e. The van der Waals surface area contributed by atoms with Crippen LogP contribution in [0.4, 0.5) is 0 Å². The summed E-state index contributed by atoms with van der Waals surface area (Å²) in [4.78, 5) is 15.1. The Hall–Kier alpha value is -2.24. The van der Waals surface area contributed by atoms with E-state index in [1.165, 1.54) is 20.3 Å². The first-order valence-corrected chi connectivity index (χ1v) is 4.61. The minimum Gasteiger partial charge on any atom is -0.481 e. The number of ether oxygens (including phenoxy) is 2. The van der Waals surface area contributed by atoms with Crippen molar-refractivity contribution in [3.05, 3.63) is 28.6 Å². The zero-order valence-electron chi connectivity index (χ0n) is 8.90. The summed E-state index contributed by atoms with van der Waals surface area (Å²) in [6.07, 6.45) is 0. The molecule has 6 nitrogen and oxygen atoms in total. The van der Waals surface area contributed by atoms with E-state index in [0.717, 1.165) is 0 Å². The van der Waals surface area contributed by atoms with Gasteiger partial charge in [-0.25, -0.2) is 0 Å². The SMILES string of the molecule is COc1ccc(-c2cc(=O)[nH][nH]2)c(OC)n1. The number of hydrogen-bond donors (Lipinski definition) is 2. The Balaban J connectivity index is 2.52. The summed E-state index contributed by atoms with van der Waals surface area (Å²) in [6.45, 7) is 0. The van der Waals surface area contributed by atoms with E-state index < -0.39 is 0 Å². The second-order valence-electron chi connectivity index (χ2n) is 3.08. The summed E-state index contributed by atoms with van der Waals surface area (Å²) in [7, 11) is 3.04. The van der Waals surface area contributed by atoms with E-state index >= 15 is 0 Å². The first-order chi connectivity index (χ1) is 7.74. The van der Waals surface area contributed by atoms with Crippen molar-refractivity contribution < 1.29 is 9.47 Å². The third-order valence-electron chi connectivity index (χ3n) is 2.12. The molecule has 16 heavy (non-hydrogen) atoms. The lowest BCUT2D eigenvalue weighted by Gasteiger charge is -2.06. The van der Waals surface area contributed by atoms with Gasteiger partial charge in [0.15, 0.2) is 0 Å². The van der Waals surface area contributed by atoms with E-state index in [1.54, 1.807) is 12.1 Å². The van der Waals surface area contributed by atoms with E-state index in [4.69, 9.17) is 9.47 Å². The quantitative estimate of drug-likeness (QED) is 0.802. The Kier molecular flexibility index (Phi) is 2.63. The molecule has 2 aromatic rings. The fourth-order valence-electron chi connectivity index (χ4n) is 1.38. The lowest BCUT2D eigenvalue weighted by atomic mass is 10.2. The van der Waals surface area contributed by atoms with Crippen LogP contribution in [0, 0.1) is 0 Å². The van der Waals surface area contributed by atoms with Gasteiger partial charge in [0.25, 0.3) is 5.56 Å².